The average molecular weight is 543 g/mol. The summed E-state index contributed by atoms with van der Waals surface area (Å²) >= 11 is 0. The van der Waals surface area contributed by atoms with Gasteiger partial charge in [-0.2, -0.15) is 0 Å². The summed E-state index contributed by atoms with van der Waals surface area (Å²) in [7, 11) is 0. The number of hydrogen-bond donors (Lipinski definition) is 3. The van der Waals surface area contributed by atoms with Crippen LogP contribution in [0.4, 0.5) is 13.6 Å². The number of benzene rings is 2. The van der Waals surface area contributed by atoms with Gasteiger partial charge in [-0.3, -0.25) is 0 Å². The van der Waals surface area contributed by atoms with Crippen LogP contribution in [0.1, 0.15) is 83.9 Å². The molecule has 1 saturated carbocycles. The summed E-state index contributed by atoms with van der Waals surface area (Å²) in [6.45, 7) is 16.1. The third-order valence-electron chi connectivity index (χ3n) is 7.29. The molecule has 2 aromatic carbocycles. The molecule has 1 fully saturated rings. The van der Waals surface area contributed by atoms with Crippen LogP contribution in [0, 0.1) is 11.6 Å². The fourth-order valence-corrected chi connectivity index (χ4v) is 5.05. The summed E-state index contributed by atoms with van der Waals surface area (Å²) in [5.74, 6) is -1.43. The number of rotatable bonds is 8. The number of aliphatic hydroxyl groups is 1. The molecular weight excluding hydrogens is 498 g/mol. The number of nitrogens with one attached hydrogen (secondary N) is 2. The van der Waals surface area contributed by atoms with Crippen LogP contribution in [0.3, 0.4) is 0 Å². The summed E-state index contributed by atoms with van der Waals surface area (Å²) in [6, 6.07) is 10.9. The van der Waals surface area contributed by atoms with E-state index in [2.05, 4.69) is 62.2 Å². The van der Waals surface area contributed by atoms with Crippen LogP contribution in [-0.4, -0.2) is 35.5 Å². The number of hydrogen-bond acceptors (Lipinski definition) is 4. The number of ether oxygens (including phenoxy) is 1. The molecule has 0 aliphatic heterocycles. The van der Waals surface area contributed by atoms with Gasteiger partial charge in [-0.1, -0.05) is 57.2 Å². The minimum Gasteiger partial charge on any atom is -0.444 e. The second-order valence-electron chi connectivity index (χ2n) is 12.8. The highest BCUT2D eigenvalue weighted by molar-refractivity contribution is 5.68. The fraction of sp³-hybridized carbons (Fsp3) is 0.531. The Labute approximate surface area is 232 Å². The lowest BCUT2D eigenvalue weighted by molar-refractivity contribution is 0.0409. The van der Waals surface area contributed by atoms with Crippen molar-refractivity contribution in [2.24, 2.45) is 0 Å². The molecule has 7 heteroatoms. The van der Waals surface area contributed by atoms with Crippen LogP contribution in [-0.2, 0) is 22.1 Å². The SMILES string of the molecule is C=C1CCC(NCC(O)C(Cc2cc(F)cc(F)c2)NC(=O)OC(C)(C)C)(c2cccc(C(C)(C)C)c2)CC1. The van der Waals surface area contributed by atoms with Gasteiger partial charge in [0.05, 0.1) is 12.1 Å². The van der Waals surface area contributed by atoms with Crippen molar-refractivity contribution in [1.29, 1.82) is 0 Å². The number of aliphatic hydroxyl groups excluding tert-OH is 1. The summed E-state index contributed by atoms with van der Waals surface area (Å²) in [6.07, 6.45) is 1.65. The first-order chi connectivity index (χ1) is 18.1. The molecule has 0 spiro atoms. The number of allylic oxidation sites excluding steroid dienone is 1. The Morgan fingerprint density at radius 1 is 1.05 bits per heavy atom. The van der Waals surface area contributed by atoms with Gasteiger partial charge in [0.1, 0.15) is 17.2 Å². The number of halogens is 2. The molecule has 0 saturated heterocycles. The molecule has 0 radical (unpaired) electrons. The normalized spacial score (nSPS) is 17.4. The standard InChI is InChI=1S/C32H44F2N2O3/c1-21-11-13-32(14-12-21,24-10-8-9-23(18-24)30(2,3)4)35-20-28(37)27(36-29(38)39-31(5,6)7)17-22-15-25(33)19-26(34)16-22/h8-10,15-16,18-19,27-28,35,37H,1,11-14,17,20H2,2-7H3,(H,36,38). The first kappa shape index (κ1) is 30.8. The monoisotopic (exact) mass is 542 g/mol. The summed E-state index contributed by atoms with van der Waals surface area (Å²) in [4.78, 5) is 12.6. The van der Waals surface area contributed by atoms with E-state index in [4.69, 9.17) is 4.74 Å². The third kappa shape index (κ3) is 8.87. The number of carbonyl (C=O) groups is 1. The Morgan fingerprint density at radius 2 is 1.67 bits per heavy atom. The molecule has 0 bridgehead atoms. The van der Waals surface area contributed by atoms with Crippen LogP contribution in [0.15, 0.2) is 54.6 Å². The van der Waals surface area contributed by atoms with E-state index in [-0.39, 0.29) is 23.9 Å². The fourth-order valence-electron chi connectivity index (χ4n) is 5.05. The largest absolute Gasteiger partial charge is 0.444 e. The van der Waals surface area contributed by atoms with E-state index in [1.807, 2.05) is 0 Å². The molecule has 1 aliphatic carbocycles. The summed E-state index contributed by atoms with van der Waals surface area (Å²) in [5, 5.41) is 17.7. The molecule has 39 heavy (non-hydrogen) atoms. The van der Waals surface area contributed by atoms with Gasteiger partial charge in [-0.05, 0) is 87.1 Å². The van der Waals surface area contributed by atoms with E-state index >= 15 is 0 Å². The topological polar surface area (TPSA) is 70.6 Å². The molecule has 0 aromatic heterocycles. The van der Waals surface area contributed by atoms with Crippen molar-refractivity contribution in [2.45, 2.75) is 102 Å². The first-order valence-electron chi connectivity index (χ1n) is 13.7. The van der Waals surface area contributed by atoms with Gasteiger partial charge in [0.2, 0.25) is 0 Å². The van der Waals surface area contributed by atoms with Gasteiger partial charge in [-0.25, -0.2) is 13.6 Å². The van der Waals surface area contributed by atoms with Crippen molar-refractivity contribution < 1.29 is 23.4 Å². The second-order valence-corrected chi connectivity index (χ2v) is 12.8. The van der Waals surface area contributed by atoms with Crippen LogP contribution < -0.4 is 10.6 Å². The number of alkyl carbamates (subject to hydrolysis) is 1. The number of carbonyl (C=O) groups excluding carboxylic acids is 1. The Hall–Kier alpha value is -2.77. The Kier molecular flexibility index (Phi) is 9.60. The van der Waals surface area contributed by atoms with Crippen molar-refractivity contribution in [1.82, 2.24) is 10.6 Å². The van der Waals surface area contributed by atoms with Crippen LogP contribution in [0.5, 0.6) is 0 Å². The zero-order chi connectivity index (χ0) is 29.0. The first-order valence-corrected chi connectivity index (χ1v) is 13.7. The van der Waals surface area contributed by atoms with Crippen LogP contribution in [0.25, 0.3) is 0 Å². The van der Waals surface area contributed by atoms with Gasteiger partial charge in [-0.15, -0.1) is 0 Å². The minimum atomic E-state index is -1.06. The van der Waals surface area contributed by atoms with E-state index in [0.717, 1.165) is 37.3 Å². The highest BCUT2D eigenvalue weighted by Crippen LogP contribution is 2.40. The summed E-state index contributed by atoms with van der Waals surface area (Å²) < 4.78 is 33.2. The molecule has 5 nitrogen and oxygen atoms in total. The lowest BCUT2D eigenvalue weighted by Crippen LogP contribution is -2.54. The van der Waals surface area contributed by atoms with E-state index < -0.39 is 35.5 Å². The second kappa shape index (κ2) is 12.2. The molecule has 2 unspecified atom stereocenters. The quantitative estimate of drug-likeness (QED) is 0.326. The maximum Gasteiger partial charge on any atom is 0.407 e. The maximum absolute atomic E-state index is 13.9. The molecule has 0 heterocycles. The minimum absolute atomic E-state index is 0.0162. The van der Waals surface area contributed by atoms with Gasteiger partial charge in [0.25, 0.3) is 0 Å². The van der Waals surface area contributed by atoms with E-state index in [1.54, 1.807) is 20.8 Å². The Bertz CT molecular complexity index is 1140. The predicted octanol–water partition coefficient (Wildman–Crippen LogP) is 6.67. The zero-order valence-corrected chi connectivity index (χ0v) is 24.2. The van der Waals surface area contributed by atoms with Crippen molar-refractivity contribution in [3.8, 4) is 0 Å². The zero-order valence-electron chi connectivity index (χ0n) is 24.2. The van der Waals surface area contributed by atoms with Gasteiger partial charge in [0.15, 0.2) is 0 Å². The van der Waals surface area contributed by atoms with Gasteiger partial charge < -0.3 is 20.5 Å². The summed E-state index contributed by atoms with van der Waals surface area (Å²) in [5.41, 5.74) is 2.77. The number of amides is 1. The smallest absolute Gasteiger partial charge is 0.407 e. The molecular formula is C32H44F2N2O3. The molecule has 214 valence electrons. The highest BCUT2D eigenvalue weighted by Gasteiger charge is 2.36. The van der Waals surface area contributed by atoms with Crippen molar-refractivity contribution >= 4 is 6.09 Å². The average Bonchev–Trinajstić information content (AvgIpc) is 2.81. The molecule has 1 aliphatic rings. The molecule has 1 amide bonds. The van der Waals surface area contributed by atoms with E-state index in [0.29, 0.717) is 5.56 Å². The van der Waals surface area contributed by atoms with Crippen molar-refractivity contribution in [2.75, 3.05) is 6.54 Å². The van der Waals surface area contributed by atoms with E-state index in [9.17, 15) is 18.7 Å². The van der Waals surface area contributed by atoms with Gasteiger partial charge in [0, 0.05) is 18.2 Å². The lowest BCUT2D eigenvalue weighted by atomic mass is 9.73. The van der Waals surface area contributed by atoms with Gasteiger partial charge >= 0.3 is 6.09 Å². The van der Waals surface area contributed by atoms with Crippen LogP contribution >= 0.6 is 0 Å². The molecule has 3 rings (SSSR count). The molecule has 2 atom stereocenters. The van der Waals surface area contributed by atoms with Crippen molar-refractivity contribution in [3.05, 3.63) is 82.9 Å². The Balaban J connectivity index is 1.86. The van der Waals surface area contributed by atoms with Crippen molar-refractivity contribution in [3.63, 3.8) is 0 Å². The maximum atomic E-state index is 13.9. The molecule has 3 N–H and O–H groups in total. The molecule has 2 aromatic rings. The Morgan fingerprint density at radius 3 is 2.23 bits per heavy atom. The van der Waals surface area contributed by atoms with Crippen LogP contribution in [0.2, 0.25) is 0 Å². The lowest BCUT2D eigenvalue weighted by Gasteiger charge is -2.41. The van der Waals surface area contributed by atoms with E-state index in [1.165, 1.54) is 23.3 Å². The highest BCUT2D eigenvalue weighted by atomic mass is 19.1. The predicted molar refractivity (Wildman–Crippen MR) is 152 cm³/mol. The third-order valence-corrected chi connectivity index (χ3v) is 7.29.